The molecule has 0 radical (unpaired) electrons. The number of hydrogen-bond donors (Lipinski definition) is 0. The van der Waals surface area contributed by atoms with E-state index in [0.29, 0.717) is 12.3 Å². The Morgan fingerprint density at radius 2 is 2.06 bits per heavy atom. The maximum atomic E-state index is 11.9. The number of hydrogen-bond acceptors (Lipinski definition) is 3. The number of esters is 1. The van der Waals surface area contributed by atoms with Gasteiger partial charge in [-0.25, -0.2) is 4.79 Å². The SMILES string of the molecule is CCOC(=O)C1=C(C)CCN1c1ccccc1. The Hall–Kier alpha value is -1.77. The molecule has 3 nitrogen and oxygen atoms in total. The van der Waals surface area contributed by atoms with Crippen molar-refractivity contribution in [1.82, 2.24) is 0 Å². The van der Waals surface area contributed by atoms with Gasteiger partial charge in [0.15, 0.2) is 0 Å². The van der Waals surface area contributed by atoms with Crippen molar-refractivity contribution in [2.24, 2.45) is 0 Å². The van der Waals surface area contributed by atoms with E-state index in [1.165, 1.54) is 0 Å². The smallest absolute Gasteiger partial charge is 0.354 e. The summed E-state index contributed by atoms with van der Waals surface area (Å²) in [5, 5.41) is 0. The quantitative estimate of drug-likeness (QED) is 0.749. The van der Waals surface area contributed by atoms with Crippen LogP contribution in [0.4, 0.5) is 5.69 Å². The lowest BCUT2D eigenvalue weighted by Gasteiger charge is -2.21. The Morgan fingerprint density at radius 3 is 2.71 bits per heavy atom. The second-order valence-electron chi connectivity index (χ2n) is 4.09. The van der Waals surface area contributed by atoms with Gasteiger partial charge >= 0.3 is 5.97 Å². The van der Waals surface area contributed by atoms with E-state index in [-0.39, 0.29) is 5.97 Å². The van der Waals surface area contributed by atoms with Crippen molar-refractivity contribution in [2.75, 3.05) is 18.1 Å². The highest BCUT2D eigenvalue weighted by atomic mass is 16.5. The maximum Gasteiger partial charge on any atom is 0.354 e. The lowest BCUT2D eigenvalue weighted by molar-refractivity contribution is -0.138. The first-order chi connectivity index (χ1) is 8.24. The van der Waals surface area contributed by atoms with E-state index in [4.69, 9.17) is 4.74 Å². The molecule has 0 aromatic heterocycles. The van der Waals surface area contributed by atoms with Crippen LogP contribution in [-0.2, 0) is 9.53 Å². The van der Waals surface area contributed by atoms with Crippen LogP contribution in [0, 0.1) is 0 Å². The maximum absolute atomic E-state index is 11.9. The molecule has 0 N–H and O–H groups in total. The third-order valence-electron chi connectivity index (χ3n) is 2.92. The number of rotatable bonds is 3. The van der Waals surface area contributed by atoms with Gasteiger partial charge < -0.3 is 9.64 Å². The van der Waals surface area contributed by atoms with Crippen LogP contribution < -0.4 is 4.90 Å². The molecular weight excluding hydrogens is 214 g/mol. The summed E-state index contributed by atoms with van der Waals surface area (Å²) in [5.41, 5.74) is 2.86. The molecule has 1 heterocycles. The zero-order chi connectivity index (χ0) is 12.3. The van der Waals surface area contributed by atoms with Crippen molar-refractivity contribution in [2.45, 2.75) is 20.3 Å². The summed E-state index contributed by atoms with van der Waals surface area (Å²) in [6.07, 6.45) is 0.920. The molecule has 1 aromatic carbocycles. The molecule has 0 saturated carbocycles. The van der Waals surface area contributed by atoms with Crippen LogP contribution in [0.1, 0.15) is 20.3 Å². The molecule has 0 atom stereocenters. The highest BCUT2D eigenvalue weighted by molar-refractivity contribution is 5.94. The van der Waals surface area contributed by atoms with Crippen molar-refractivity contribution in [1.29, 1.82) is 0 Å². The minimum absolute atomic E-state index is 0.216. The predicted octanol–water partition coefficient (Wildman–Crippen LogP) is 2.73. The van der Waals surface area contributed by atoms with Crippen LogP contribution in [-0.4, -0.2) is 19.1 Å². The fraction of sp³-hybridized carbons (Fsp3) is 0.357. The molecule has 90 valence electrons. The number of ether oxygens (including phenoxy) is 1. The van der Waals surface area contributed by atoms with Gasteiger partial charge in [-0.15, -0.1) is 0 Å². The average molecular weight is 231 g/mol. The first-order valence-electron chi connectivity index (χ1n) is 5.93. The number of carbonyl (C=O) groups excluding carboxylic acids is 1. The van der Waals surface area contributed by atoms with Gasteiger partial charge in [-0.1, -0.05) is 18.2 Å². The number of para-hydroxylation sites is 1. The fourth-order valence-electron chi connectivity index (χ4n) is 2.09. The largest absolute Gasteiger partial charge is 0.461 e. The molecule has 1 aliphatic rings. The molecule has 3 heteroatoms. The molecule has 2 rings (SSSR count). The zero-order valence-electron chi connectivity index (χ0n) is 10.3. The molecule has 0 fully saturated rings. The van der Waals surface area contributed by atoms with Crippen LogP contribution in [0.3, 0.4) is 0 Å². The number of carbonyl (C=O) groups is 1. The van der Waals surface area contributed by atoms with Crippen molar-refractivity contribution in [3.05, 3.63) is 41.6 Å². The zero-order valence-corrected chi connectivity index (χ0v) is 10.3. The summed E-state index contributed by atoms with van der Waals surface area (Å²) in [6.45, 7) is 5.09. The molecule has 0 spiro atoms. The number of nitrogens with zero attached hydrogens (tertiary/aromatic N) is 1. The Labute approximate surface area is 102 Å². The molecule has 1 aromatic rings. The Bertz CT molecular complexity index is 437. The van der Waals surface area contributed by atoms with E-state index < -0.39 is 0 Å². The summed E-state index contributed by atoms with van der Waals surface area (Å²) in [4.78, 5) is 14.0. The molecule has 0 saturated heterocycles. The van der Waals surface area contributed by atoms with Crippen LogP contribution >= 0.6 is 0 Å². The van der Waals surface area contributed by atoms with Crippen LogP contribution in [0.25, 0.3) is 0 Å². The highest BCUT2D eigenvalue weighted by Crippen LogP contribution is 2.29. The normalized spacial score (nSPS) is 15.3. The third kappa shape index (κ3) is 2.33. The fourth-order valence-corrected chi connectivity index (χ4v) is 2.09. The van der Waals surface area contributed by atoms with Gasteiger partial charge in [-0.3, -0.25) is 0 Å². The van der Waals surface area contributed by atoms with E-state index in [2.05, 4.69) is 0 Å². The van der Waals surface area contributed by atoms with E-state index in [1.807, 2.05) is 49.1 Å². The second-order valence-corrected chi connectivity index (χ2v) is 4.09. The van der Waals surface area contributed by atoms with E-state index in [0.717, 1.165) is 24.2 Å². The van der Waals surface area contributed by atoms with Gasteiger partial charge in [0.2, 0.25) is 0 Å². The van der Waals surface area contributed by atoms with Gasteiger partial charge in [-0.2, -0.15) is 0 Å². The molecule has 0 aliphatic carbocycles. The summed E-state index contributed by atoms with van der Waals surface area (Å²) < 4.78 is 5.11. The van der Waals surface area contributed by atoms with Gasteiger partial charge in [0.05, 0.1) is 6.61 Å². The Morgan fingerprint density at radius 1 is 1.35 bits per heavy atom. The summed E-state index contributed by atoms with van der Waals surface area (Å²) in [6, 6.07) is 9.95. The Kier molecular flexibility index (Phi) is 3.47. The first kappa shape index (κ1) is 11.7. The topological polar surface area (TPSA) is 29.5 Å². The van der Waals surface area contributed by atoms with Gasteiger partial charge in [-0.05, 0) is 38.0 Å². The lowest BCUT2D eigenvalue weighted by Crippen LogP contribution is -2.25. The summed E-state index contributed by atoms with van der Waals surface area (Å²) in [5.74, 6) is -0.216. The number of anilines is 1. The van der Waals surface area contributed by atoms with Crippen molar-refractivity contribution < 1.29 is 9.53 Å². The summed E-state index contributed by atoms with van der Waals surface area (Å²) in [7, 11) is 0. The second kappa shape index (κ2) is 5.04. The summed E-state index contributed by atoms with van der Waals surface area (Å²) >= 11 is 0. The predicted molar refractivity (Wildman–Crippen MR) is 67.7 cm³/mol. The number of benzene rings is 1. The van der Waals surface area contributed by atoms with Crippen molar-refractivity contribution >= 4 is 11.7 Å². The molecular formula is C14H17NO2. The van der Waals surface area contributed by atoms with Gasteiger partial charge in [0.1, 0.15) is 5.70 Å². The van der Waals surface area contributed by atoms with Crippen LogP contribution in [0.5, 0.6) is 0 Å². The van der Waals surface area contributed by atoms with Crippen molar-refractivity contribution in [3.8, 4) is 0 Å². The van der Waals surface area contributed by atoms with E-state index >= 15 is 0 Å². The first-order valence-corrected chi connectivity index (χ1v) is 5.93. The monoisotopic (exact) mass is 231 g/mol. The van der Waals surface area contributed by atoms with Crippen LogP contribution in [0.2, 0.25) is 0 Å². The highest BCUT2D eigenvalue weighted by Gasteiger charge is 2.27. The molecule has 0 amide bonds. The Balaban J connectivity index is 2.28. The van der Waals surface area contributed by atoms with E-state index in [1.54, 1.807) is 0 Å². The third-order valence-corrected chi connectivity index (χ3v) is 2.92. The van der Waals surface area contributed by atoms with Gasteiger partial charge in [0, 0.05) is 12.2 Å². The average Bonchev–Trinajstić information content (AvgIpc) is 2.73. The van der Waals surface area contributed by atoms with Gasteiger partial charge in [0.25, 0.3) is 0 Å². The lowest BCUT2D eigenvalue weighted by atomic mass is 10.2. The minimum atomic E-state index is -0.216. The molecule has 0 unspecified atom stereocenters. The molecule has 0 bridgehead atoms. The van der Waals surface area contributed by atoms with Crippen molar-refractivity contribution in [3.63, 3.8) is 0 Å². The van der Waals surface area contributed by atoms with E-state index in [9.17, 15) is 4.79 Å². The minimum Gasteiger partial charge on any atom is -0.461 e. The van der Waals surface area contributed by atoms with Crippen LogP contribution in [0.15, 0.2) is 41.6 Å². The molecule has 1 aliphatic heterocycles. The standard InChI is InChI=1S/C14H17NO2/c1-3-17-14(16)13-11(2)9-10-15(13)12-7-5-4-6-8-12/h4-8H,3,9-10H2,1-2H3. The molecule has 17 heavy (non-hydrogen) atoms.